The lowest BCUT2D eigenvalue weighted by molar-refractivity contribution is 0.0934. The molecule has 7 nitrogen and oxygen atoms in total. The first-order valence-electron chi connectivity index (χ1n) is 10.5. The average Bonchev–Trinajstić information content (AvgIpc) is 3.24. The molecule has 0 spiro atoms. The first-order valence-corrected chi connectivity index (χ1v) is 10.5. The molecule has 2 aromatic carbocycles. The number of cyclic esters (lactones) is 1. The van der Waals surface area contributed by atoms with E-state index in [-0.39, 0.29) is 18.0 Å². The van der Waals surface area contributed by atoms with Crippen molar-refractivity contribution in [2.75, 3.05) is 55.7 Å². The SMILES string of the molecule is CC(CNC(=O)c1cccc(N2CCOC2=O)c1)N1CCN(c2ccccc2)CC1. The third-order valence-electron chi connectivity index (χ3n) is 5.80. The van der Waals surface area contributed by atoms with Gasteiger partial charge in [0.05, 0.1) is 6.54 Å². The molecule has 0 saturated carbocycles. The summed E-state index contributed by atoms with van der Waals surface area (Å²) < 4.78 is 4.98. The van der Waals surface area contributed by atoms with Crippen molar-refractivity contribution in [1.29, 1.82) is 0 Å². The molecule has 158 valence electrons. The Hall–Kier alpha value is -3.06. The third-order valence-corrected chi connectivity index (χ3v) is 5.80. The van der Waals surface area contributed by atoms with Crippen LogP contribution in [-0.2, 0) is 4.74 Å². The summed E-state index contributed by atoms with van der Waals surface area (Å²) in [5, 5.41) is 3.04. The zero-order valence-electron chi connectivity index (χ0n) is 17.3. The summed E-state index contributed by atoms with van der Waals surface area (Å²) in [7, 11) is 0. The van der Waals surface area contributed by atoms with E-state index in [4.69, 9.17) is 4.74 Å². The van der Waals surface area contributed by atoms with Crippen LogP contribution >= 0.6 is 0 Å². The van der Waals surface area contributed by atoms with Crippen LogP contribution in [0.5, 0.6) is 0 Å². The molecular formula is C23H28N4O3. The minimum absolute atomic E-state index is 0.126. The number of nitrogens with one attached hydrogen (secondary N) is 1. The monoisotopic (exact) mass is 408 g/mol. The Morgan fingerprint density at radius 3 is 2.43 bits per heavy atom. The van der Waals surface area contributed by atoms with Gasteiger partial charge in [-0.1, -0.05) is 24.3 Å². The van der Waals surface area contributed by atoms with Gasteiger partial charge in [-0.3, -0.25) is 14.6 Å². The molecule has 1 N–H and O–H groups in total. The molecule has 4 rings (SSSR count). The van der Waals surface area contributed by atoms with Crippen molar-refractivity contribution in [3.8, 4) is 0 Å². The number of hydrogen-bond acceptors (Lipinski definition) is 5. The molecule has 0 aromatic heterocycles. The maximum Gasteiger partial charge on any atom is 0.414 e. The Bertz CT molecular complexity index is 881. The molecule has 2 amide bonds. The molecule has 7 heteroatoms. The summed E-state index contributed by atoms with van der Waals surface area (Å²) >= 11 is 0. The van der Waals surface area contributed by atoms with Crippen LogP contribution in [0.25, 0.3) is 0 Å². The summed E-state index contributed by atoms with van der Waals surface area (Å²) in [6.45, 7) is 7.53. The van der Waals surface area contributed by atoms with Gasteiger partial charge in [-0.25, -0.2) is 4.79 Å². The van der Waals surface area contributed by atoms with Crippen LogP contribution in [0.2, 0.25) is 0 Å². The van der Waals surface area contributed by atoms with Gasteiger partial charge < -0.3 is 15.0 Å². The van der Waals surface area contributed by atoms with Crippen molar-refractivity contribution in [2.45, 2.75) is 13.0 Å². The zero-order valence-corrected chi connectivity index (χ0v) is 17.3. The lowest BCUT2D eigenvalue weighted by Crippen LogP contribution is -2.52. The van der Waals surface area contributed by atoms with E-state index in [9.17, 15) is 9.59 Å². The summed E-state index contributed by atoms with van der Waals surface area (Å²) in [5.74, 6) is -0.126. The Morgan fingerprint density at radius 2 is 1.73 bits per heavy atom. The summed E-state index contributed by atoms with van der Waals surface area (Å²) in [6, 6.07) is 17.9. The predicted molar refractivity (Wildman–Crippen MR) is 117 cm³/mol. The van der Waals surface area contributed by atoms with Gasteiger partial charge >= 0.3 is 6.09 Å². The van der Waals surface area contributed by atoms with E-state index in [1.165, 1.54) is 5.69 Å². The van der Waals surface area contributed by atoms with E-state index in [1.807, 2.05) is 12.1 Å². The van der Waals surface area contributed by atoms with E-state index in [0.29, 0.717) is 30.9 Å². The van der Waals surface area contributed by atoms with Gasteiger partial charge in [0, 0.05) is 55.7 Å². The Balaban J connectivity index is 1.27. The number of hydrogen-bond donors (Lipinski definition) is 1. The highest BCUT2D eigenvalue weighted by atomic mass is 16.6. The van der Waals surface area contributed by atoms with Crippen molar-refractivity contribution in [2.24, 2.45) is 0 Å². The number of carbonyl (C=O) groups excluding carboxylic acids is 2. The predicted octanol–water partition coefficient (Wildman–Crippen LogP) is 2.58. The number of para-hydroxylation sites is 1. The Morgan fingerprint density at radius 1 is 1.00 bits per heavy atom. The second-order valence-corrected chi connectivity index (χ2v) is 7.73. The first-order chi connectivity index (χ1) is 14.6. The largest absolute Gasteiger partial charge is 0.447 e. The molecule has 30 heavy (non-hydrogen) atoms. The Labute approximate surface area is 177 Å². The summed E-state index contributed by atoms with van der Waals surface area (Å²) in [6.07, 6.45) is -0.365. The molecule has 0 radical (unpaired) electrons. The van der Waals surface area contributed by atoms with Crippen molar-refractivity contribution in [3.63, 3.8) is 0 Å². The van der Waals surface area contributed by atoms with Crippen molar-refractivity contribution in [1.82, 2.24) is 10.2 Å². The molecule has 1 atom stereocenters. The second-order valence-electron chi connectivity index (χ2n) is 7.73. The molecule has 2 aromatic rings. The maximum atomic E-state index is 12.6. The molecule has 2 aliphatic rings. The number of carbonyl (C=O) groups is 2. The summed E-state index contributed by atoms with van der Waals surface area (Å²) in [5.41, 5.74) is 2.50. The first kappa shape index (κ1) is 20.2. The number of amides is 2. The number of piperazine rings is 1. The lowest BCUT2D eigenvalue weighted by atomic mass is 10.1. The van der Waals surface area contributed by atoms with Crippen LogP contribution in [0.4, 0.5) is 16.2 Å². The van der Waals surface area contributed by atoms with Gasteiger partial charge in [-0.2, -0.15) is 0 Å². The van der Waals surface area contributed by atoms with Gasteiger partial charge in [0.15, 0.2) is 0 Å². The molecule has 2 fully saturated rings. The standard InChI is InChI=1S/C23H28N4O3/c1-18(25-10-12-26(13-11-25)20-7-3-2-4-8-20)17-24-22(28)19-6-5-9-21(16-19)27-14-15-30-23(27)29/h2-9,16,18H,10-15,17H2,1H3,(H,24,28). The topological polar surface area (TPSA) is 65.1 Å². The number of anilines is 2. The average molecular weight is 409 g/mol. The minimum Gasteiger partial charge on any atom is -0.447 e. The second kappa shape index (κ2) is 9.17. The fourth-order valence-corrected chi connectivity index (χ4v) is 3.97. The third kappa shape index (κ3) is 4.57. The molecule has 2 aliphatic heterocycles. The van der Waals surface area contributed by atoms with E-state index < -0.39 is 0 Å². The molecule has 2 saturated heterocycles. The normalized spacial score (nSPS) is 18.2. The highest BCUT2D eigenvalue weighted by Gasteiger charge is 2.25. The molecule has 0 aliphatic carbocycles. The van der Waals surface area contributed by atoms with Gasteiger partial charge in [0.25, 0.3) is 5.91 Å². The van der Waals surface area contributed by atoms with Crippen molar-refractivity contribution < 1.29 is 14.3 Å². The number of ether oxygens (including phenoxy) is 1. The van der Waals surface area contributed by atoms with E-state index in [2.05, 4.69) is 46.3 Å². The Kier molecular flexibility index (Phi) is 6.18. The van der Waals surface area contributed by atoms with Crippen LogP contribution in [0.15, 0.2) is 54.6 Å². The lowest BCUT2D eigenvalue weighted by Gasteiger charge is -2.39. The van der Waals surface area contributed by atoms with Crippen LogP contribution in [-0.4, -0.2) is 68.8 Å². The fourth-order valence-electron chi connectivity index (χ4n) is 3.97. The molecular weight excluding hydrogens is 380 g/mol. The number of rotatable bonds is 6. The quantitative estimate of drug-likeness (QED) is 0.796. The summed E-state index contributed by atoms with van der Waals surface area (Å²) in [4.78, 5) is 30.8. The van der Waals surface area contributed by atoms with Gasteiger partial charge in [-0.15, -0.1) is 0 Å². The number of benzene rings is 2. The smallest absolute Gasteiger partial charge is 0.414 e. The maximum absolute atomic E-state index is 12.6. The van der Waals surface area contributed by atoms with E-state index >= 15 is 0 Å². The van der Waals surface area contributed by atoms with E-state index in [0.717, 1.165) is 26.2 Å². The fraction of sp³-hybridized carbons (Fsp3) is 0.391. The molecule has 2 heterocycles. The van der Waals surface area contributed by atoms with Crippen LogP contribution in [0.1, 0.15) is 17.3 Å². The van der Waals surface area contributed by atoms with Gasteiger partial charge in [0.2, 0.25) is 0 Å². The number of nitrogens with zero attached hydrogens (tertiary/aromatic N) is 3. The van der Waals surface area contributed by atoms with E-state index in [1.54, 1.807) is 23.1 Å². The highest BCUT2D eigenvalue weighted by Crippen LogP contribution is 2.20. The van der Waals surface area contributed by atoms with Crippen LogP contribution in [0, 0.1) is 0 Å². The molecule has 0 bridgehead atoms. The van der Waals surface area contributed by atoms with Crippen molar-refractivity contribution >= 4 is 23.4 Å². The zero-order chi connectivity index (χ0) is 20.9. The van der Waals surface area contributed by atoms with Gasteiger partial charge in [-0.05, 0) is 37.3 Å². The van der Waals surface area contributed by atoms with Crippen LogP contribution < -0.4 is 15.1 Å². The van der Waals surface area contributed by atoms with Gasteiger partial charge in [0.1, 0.15) is 6.61 Å². The highest BCUT2D eigenvalue weighted by molar-refractivity contribution is 5.97. The van der Waals surface area contributed by atoms with Crippen molar-refractivity contribution in [3.05, 3.63) is 60.2 Å². The molecule has 1 unspecified atom stereocenters. The minimum atomic E-state index is -0.365. The van der Waals surface area contributed by atoms with Crippen LogP contribution in [0.3, 0.4) is 0 Å².